The third kappa shape index (κ3) is 6.24. The van der Waals surface area contributed by atoms with Crippen molar-refractivity contribution < 1.29 is 19.0 Å². The largest absolute Gasteiger partial charge is 0.482 e. The van der Waals surface area contributed by atoms with Gasteiger partial charge in [-0.15, -0.1) is 0 Å². The Morgan fingerprint density at radius 1 is 1.22 bits per heavy atom. The van der Waals surface area contributed by atoms with Crippen LogP contribution in [0.15, 0.2) is 66.0 Å². The van der Waals surface area contributed by atoms with Crippen molar-refractivity contribution in [3.05, 3.63) is 83.2 Å². The minimum absolute atomic E-state index is 0.185. The molecule has 0 fully saturated rings. The first-order valence-electron chi connectivity index (χ1n) is 12.0. The summed E-state index contributed by atoms with van der Waals surface area (Å²) in [6.07, 6.45) is 3.97. The van der Waals surface area contributed by atoms with Gasteiger partial charge in [-0.05, 0) is 81.4 Å². The zero-order chi connectivity index (χ0) is 26.4. The van der Waals surface area contributed by atoms with Gasteiger partial charge in [0.25, 0.3) is 0 Å². The molecule has 0 saturated heterocycles. The highest BCUT2D eigenvalue weighted by Gasteiger charge is 2.37. The van der Waals surface area contributed by atoms with Gasteiger partial charge in [0.1, 0.15) is 17.1 Å². The average molecular weight is 519 g/mol. The van der Waals surface area contributed by atoms with Crippen molar-refractivity contribution in [2.45, 2.75) is 39.7 Å². The highest BCUT2D eigenvalue weighted by molar-refractivity contribution is 7.80. The van der Waals surface area contributed by atoms with E-state index in [-0.39, 0.29) is 6.61 Å². The van der Waals surface area contributed by atoms with Crippen molar-refractivity contribution in [3.63, 3.8) is 0 Å². The molecule has 192 valence electrons. The maximum Gasteiger partial charge on any atom is 0.344 e. The first-order valence-corrected chi connectivity index (χ1v) is 12.4. The first kappa shape index (κ1) is 26.1. The molecule has 9 heteroatoms. The summed E-state index contributed by atoms with van der Waals surface area (Å²) in [6, 6.07) is 15.2. The fourth-order valence-electron chi connectivity index (χ4n) is 4.04. The lowest BCUT2D eigenvalue weighted by Crippen LogP contribution is -2.38. The Balaban J connectivity index is 1.61. The molecule has 1 aliphatic rings. The van der Waals surface area contributed by atoms with Gasteiger partial charge in [0.2, 0.25) is 0 Å². The molecule has 0 unspecified atom stereocenters. The Morgan fingerprint density at radius 3 is 2.81 bits per heavy atom. The van der Waals surface area contributed by atoms with E-state index in [1.807, 2.05) is 44.2 Å². The third-order valence-electron chi connectivity index (χ3n) is 6.18. The minimum Gasteiger partial charge on any atom is -0.482 e. The predicted molar refractivity (Wildman–Crippen MR) is 147 cm³/mol. The highest BCUT2D eigenvalue weighted by Crippen LogP contribution is 2.40. The first-order chi connectivity index (χ1) is 17.8. The number of benzene rings is 2. The second-order valence-electron chi connectivity index (χ2n) is 8.87. The van der Waals surface area contributed by atoms with Gasteiger partial charge in [-0.25, -0.2) is 4.79 Å². The molecule has 3 aromatic rings. The number of anilines is 1. The lowest BCUT2D eigenvalue weighted by atomic mass is 9.86. The monoisotopic (exact) mass is 518 g/mol. The number of esters is 1. The SMILES string of the molecule is CCOC(=O)COc1ccc2c(c1)/C(=N\NC(=S)Nc1cccc(C)c1C)C[C@](C)(c1cccnc1)O2. The van der Waals surface area contributed by atoms with E-state index in [0.717, 1.165) is 28.1 Å². The lowest BCUT2D eigenvalue weighted by molar-refractivity contribution is -0.145. The van der Waals surface area contributed by atoms with Gasteiger partial charge in [0, 0.05) is 35.6 Å². The number of hydrazone groups is 1. The Kier molecular flexibility index (Phi) is 8.03. The third-order valence-corrected chi connectivity index (χ3v) is 6.37. The van der Waals surface area contributed by atoms with Crippen LogP contribution < -0.4 is 20.2 Å². The summed E-state index contributed by atoms with van der Waals surface area (Å²) < 4.78 is 17.0. The number of hydrogen-bond donors (Lipinski definition) is 2. The standard InChI is InChI=1S/C28H30N4O4S/c1-5-34-26(33)17-35-21-11-12-25-22(14-21)24(15-28(4,36-25)20-9-7-13-29-16-20)31-32-27(37)30-23-10-6-8-18(2)19(23)3/h6-14,16H,5,15,17H2,1-4H3,(H2,30,32,37)/b31-24-/t28-/m1/s1. The van der Waals surface area contributed by atoms with Crippen LogP contribution in [0.4, 0.5) is 5.69 Å². The van der Waals surface area contributed by atoms with Crippen LogP contribution in [-0.4, -0.2) is 35.0 Å². The molecule has 2 heterocycles. The fraction of sp³-hybridized carbons (Fsp3) is 0.286. The van der Waals surface area contributed by atoms with Crippen molar-refractivity contribution in [3.8, 4) is 11.5 Å². The van der Waals surface area contributed by atoms with Crippen molar-refractivity contribution in [1.29, 1.82) is 0 Å². The molecule has 1 aromatic heterocycles. The molecule has 0 saturated carbocycles. The maximum absolute atomic E-state index is 11.8. The molecule has 4 rings (SSSR count). The van der Waals surface area contributed by atoms with Crippen LogP contribution in [0.1, 0.15) is 42.5 Å². The van der Waals surface area contributed by atoms with Crippen LogP contribution in [0.2, 0.25) is 0 Å². The summed E-state index contributed by atoms with van der Waals surface area (Å²) in [5.74, 6) is 0.707. The Bertz CT molecular complexity index is 1330. The number of nitrogens with zero attached hydrogens (tertiary/aromatic N) is 2. The van der Waals surface area contributed by atoms with Gasteiger partial charge in [0.05, 0.1) is 12.3 Å². The van der Waals surface area contributed by atoms with Crippen LogP contribution >= 0.6 is 12.2 Å². The van der Waals surface area contributed by atoms with Gasteiger partial charge in [-0.3, -0.25) is 10.4 Å². The van der Waals surface area contributed by atoms with Gasteiger partial charge in [-0.1, -0.05) is 18.2 Å². The molecule has 1 atom stereocenters. The summed E-state index contributed by atoms with van der Waals surface area (Å²) in [4.78, 5) is 16.0. The zero-order valence-electron chi connectivity index (χ0n) is 21.3. The number of thiocarbonyl (C=S) groups is 1. The summed E-state index contributed by atoms with van der Waals surface area (Å²) in [5, 5.41) is 8.26. The highest BCUT2D eigenvalue weighted by atomic mass is 32.1. The molecule has 2 aromatic carbocycles. The van der Waals surface area contributed by atoms with Crippen molar-refractivity contribution in [1.82, 2.24) is 10.4 Å². The maximum atomic E-state index is 11.8. The summed E-state index contributed by atoms with van der Waals surface area (Å²) in [7, 11) is 0. The molecule has 0 bridgehead atoms. The Labute approximate surface area is 222 Å². The van der Waals surface area contributed by atoms with Gasteiger partial charge in [0.15, 0.2) is 11.7 Å². The second kappa shape index (κ2) is 11.4. The van der Waals surface area contributed by atoms with E-state index in [9.17, 15) is 4.79 Å². The summed E-state index contributed by atoms with van der Waals surface area (Å²) in [6.45, 7) is 7.96. The van der Waals surface area contributed by atoms with Gasteiger partial charge >= 0.3 is 5.97 Å². The molecule has 0 aliphatic carbocycles. The second-order valence-corrected chi connectivity index (χ2v) is 9.28. The number of fused-ring (bicyclic) bond motifs is 1. The molecule has 37 heavy (non-hydrogen) atoms. The fourth-order valence-corrected chi connectivity index (χ4v) is 4.20. The molecule has 0 spiro atoms. The van der Waals surface area contributed by atoms with Crippen LogP contribution in [0.3, 0.4) is 0 Å². The van der Waals surface area contributed by atoms with Crippen molar-refractivity contribution in [2.24, 2.45) is 5.10 Å². The van der Waals surface area contributed by atoms with Gasteiger partial charge in [-0.2, -0.15) is 5.10 Å². The van der Waals surface area contributed by atoms with Crippen LogP contribution in [0.25, 0.3) is 0 Å². The smallest absolute Gasteiger partial charge is 0.344 e. The van der Waals surface area contributed by atoms with Crippen molar-refractivity contribution >= 4 is 34.7 Å². The van der Waals surface area contributed by atoms with E-state index < -0.39 is 11.6 Å². The van der Waals surface area contributed by atoms with Crippen LogP contribution in [0, 0.1) is 13.8 Å². The summed E-state index contributed by atoms with van der Waals surface area (Å²) in [5.41, 5.74) is 7.87. The molecule has 2 N–H and O–H groups in total. The molecular weight excluding hydrogens is 488 g/mol. The lowest BCUT2D eigenvalue weighted by Gasteiger charge is -2.36. The molecule has 8 nitrogen and oxygen atoms in total. The Morgan fingerprint density at radius 2 is 2.05 bits per heavy atom. The summed E-state index contributed by atoms with van der Waals surface area (Å²) >= 11 is 5.53. The van der Waals surface area contributed by atoms with E-state index in [2.05, 4.69) is 33.8 Å². The minimum atomic E-state index is -0.697. The van der Waals surface area contributed by atoms with E-state index in [1.165, 1.54) is 5.56 Å². The van der Waals surface area contributed by atoms with E-state index in [0.29, 0.717) is 29.6 Å². The van der Waals surface area contributed by atoms with Crippen LogP contribution in [-0.2, 0) is 15.1 Å². The zero-order valence-corrected chi connectivity index (χ0v) is 22.1. The van der Waals surface area contributed by atoms with E-state index >= 15 is 0 Å². The number of aryl methyl sites for hydroxylation is 1. The number of pyridine rings is 1. The number of aromatic nitrogens is 1. The van der Waals surface area contributed by atoms with E-state index in [4.69, 9.17) is 26.4 Å². The number of carbonyl (C=O) groups excluding carboxylic acids is 1. The van der Waals surface area contributed by atoms with E-state index in [1.54, 1.807) is 31.5 Å². The number of rotatable bonds is 7. The molecule has 0 radical (unpaired) electrons. The number of ether oxygens (including phenoxy) is 3. The normalized spacial score (nSPS) is 17.4. The predicted octanol–water partition coefficient (Wildman–Crippen LogP) is 5.03. The quantitative estimate of drug-likeness (QED) is 0.256. The molecule has 1 aliphatic heterocycles. The van der Waals surface area contributed by atoms with Crippen LogP contribution in [0.5, 0.6) is 11.5 Å². The topological polar surface area (TPSA) is 94.1 Å². The van der Waals surface area contributed by atoms with Crippen molar-refractivity contribution in [2.75, 3.05) is 18.5 Å². The molecular formula is C28H30N4O4S. The molecule has 0 amide bonds. The number of nitrogens with one attached hydrogen (secondary N) is 2. The Hall–Kier alpha value is -3.98. The average Bonchev–Trinajstić information content (AvgIpc) is 2.89. The number of hydrogen-bond acceptors (Lipinski definition) is 7. The number of carbonyl (C=O) groups is 1. The van der Waals surface area contributed by atoms with Gasteiger partial charge < -0.3 is 19.5 Å².